The standard InChI is InChI=1S/3C9H9ClO3.C6H11NO.C2H6/c3*1-5-2-6(4-7(10)3-5)8(11)9(12)13;7-6(8)5-3-1-2-4-5;1-2/h3*2-4,8,11H,1H3,(H,12,13);5H,1-4H2,(H2,7,8);1-2H3/p-1. The van der Waals surface area contributed by atoms with Gasteiger partial charge in [-0.05, 0) is 103 Å². The first-order valence-corrected chi connectivity index (χ1v) is 16.3. The molecule has 0 aliphatic heterocycles. The number of aliphatic hydroxyl groups is 3. The lowest BCUT2D eigenvalue weighted by molar-refractivity contribution is -0.315. The van der Waals surface area contributed by atoms with E-state index in [9.17, 15) is 34.5 Å². The predicted octanol–water partition coefficient (Wildman–Crippen LogP) is 5.65. The van der Waals surface area contributed by atoms with Crippen molar-refractivity contribution in [3.63, 3.8) is 0 Å². The van der Waals surface area contributed by atoms with Crippen molar-refractivity contribution in [1.29, 1.82) is 0 Å². The summed E-state index contributed by atoms with van der Waals surface area (Å²) in [6, 6.07) is 14.1. The number of halogens is 3. The number of primary amides is 1. The van der Waals surface area contributed by atoms with Crippen molar-refractivity contribution in [2.75, 3.05) is 0 Å². The summed E-state index contributed by atoms with van der Waals surface area (Å²) in [5.74, 6) is -3.98. The maximum Gasteiger partial charge on any atom is 0.337 e. The van der Waals surface area contributed by atoms with Crippen LogP contribution in [0.1, 0.15) is 91.2 Å². The summed E-state index contributed by atoms with van der Waals surface area (Å²) < 4.78 is 0. The average molecular weight is 744 g/mol. The molecule has 3 unspecified atom stereocenters. The second-order valence-electron chi connectivity index (χ2n) is 10.8. The van der Waals surface area contributed by atoms with E-state index in [1.165, 1.54) is 31.0 Å². The minimum Gasteiger partial charge on any atom is -0.547 e. The number of hydrogen-bond acceptors (Lipinski definition) is 8. The topological polar surface area (TPSA) is 219 Å². The third-order valence-electron chi connectivity index (χ3n) is 6.59. The monoisotopic (exact) mass is 742 g/mol. The van der Waals surface area contributed by atoms with Gasteiger partial charge in [-0.1, -0.05) is 79.7 Å². The van der Waals surface area contributed by atoms with E-state index in [1.54, 1.807) is 57.2 Å². The van der Waals surface area contributed by atoms with Crippen LogP contribution in [-0.2, 0) is 19.2 Å². The maximum absolute atomic E-state index is 10.4. The maximum atomic E-state index is 10.4. The Kier molecular flexibility index (Phi) is 21.1. The molecule has 0 spiro atoms. The quantitative estimate of drug-likeness (QED) is 0.175. The number of rotatable bonds is 7. The molecule has 0 saturated heterocycles. The van der Waals surface area contributed by atoms with Crippen molar-refractivity contribution in [3.8, 4) is 0 Å². The van der Waals surface area contributed by atoms with Crippen LogP contribution in [0.5, 0.6) is 0 Å². The summed E-state index contributed by atoms with van der Waals surface area (Å²) >= 11 is 17.1. The molecule has 7 N–H and O–H groups in total. The third kappa shape index (κ3) is 17.5. The number of benzene rings is 3. The molecular weight excluding hydrogens is 701 g/mol. The van der Waals surface area contributed by atoms with E-state index in [1.807, 2.05) is 13.8 Å². The zero-order valence-corrected chi connectivity index (χ0v) is 30.1. The molecule has 3 aromatic rings. The fourth-order valence-electron chi connectivity index (χ4n) is 4.40. The number of carbonyl (C=O) groups excluding carboxylic acids is 2. The SMILES string of the molecule is CC.Cc1cc(Cl)cc(C(O)C(=O)O)c1.Cc1cc(Cl)cc(C(O)C(=O)O)c1.Cc1cc(Cl)cc(C(O)C(=O)[O-])c1.NC(=O)C1CCCC1. The number of carbonyl (C=O) groups is 4. The Balaban J connectivity index is 0.000000624. The number of amides is 1. The summed E-state index contributed by atoms with van der Waals surface area (Å²) in [7, 11) is 0. The van der Waals surface area contributed by atoms with Crippen molar-refractivity contribution in [3.05, 3.63) is 103 Å². The minimum atomic E-state index is -1.61. The number of nitrogens with two attached hydrogens (primary N) is 1. The fourth-order valence-corrected chi connectivity index (χ4v) is 5.29. The van der Waals surface area contributed by atoms with Crippen LogP contribution in [0.15, 0.2) is 54.6 Å². The molecule has 1 aliphatic carbocycles. The Labute approximate surface area is 300 Å². The predicted molar refractivity (Wildman–Crippen MR) is 186 cm³/mol. The molecule has 1 aliphatic rings. The summed E-state index contributed by atoms with van der Waals surface area (Å²) in [5, 5.41) is 56.1. The number of carboxylic acids is 3. The molecule has 0 heterocycles. The molecule has 0 aromatic heterocycles. The summed E-state index contributed by atoms with van der Waals surface area (Å²) in [6.07, 6.45) is -0.196. The van der Waals surface area contributed by atoms with Gasteiger partial charge in [-0.25, -0.2) is 9.59 Å². The Morgan fingerprint density at radius 1 is 0.633 bits per heavy atom. The normalized spacial score (nSPS) is 13.6. The zero-order valence-electron chi connectivity index (χ0n) is 27.8. The van der Waals surface area contributed by atoms with Crippen LogP contribution in [0.3, 0.4) is 0 Å². The van der Waals surface area contributed by atoms with Gasteiger partial charge in [0.25, 0.3) is 0 Å². The van der Waals surface area contributed by atoms with E-state index in [2.05, 4.69) is 0 Å². The molecule has 0 bridgehead atoms. The molecule has 3 aromatic carbocycles. The van der Waals surface area contributed by atoms with E-state index in [0.717, 1.165) is 29.5 Å². The van der Waals surface area contributed by atoms with Crippen LogP contribution in [0.4, 0.5) is 0 Å². The molecule has 4 rings (SSSR count). The van der Waals surface area contributed by atoms with Crippen LogP contribution >= 0.6 is 34.8 Å². The Morgan fingerprint density at radius 3 is 1.12 bits per heavy atom. The molecule has 1 amide bonds. The Bertz CT molecular complexity index is 1320. The highest BCUT2D eigenvalue weighted by atomic mass is 35.5. The van der Waals surface area contributed by atoms with Crippen LogP contribution in [-0.4, -0.2) is 49.3 Å². The molecule has 1 saturated carbocycles. The van der Waals surface area contributed by atoms with Gasteiger partial charge in [0.1, 0.15) is 6.10 Å². The van der Waals surface area contributed by atoms with Crippen LogP contribution in [0.2, 0.25) is 15.1 Å². The van der Waals surface area contributed by atoms with Crippen molar-refractivity contribution >= 4 is 58.6 Å². The molecule has 270 valence electrons. The average Bonchev–Trinajstić information content (AvgIpc) is 3.56. The molecule has 0 radical (unpaired) electrons. The van der Waals surface area contributed by atoms with Gasteiger partial charge in [0, 0.05) is 21.0 Å². The molecular formula is C35H43Cl3NO10-. The first kappa shape index (κ1) is 45.3. The van der Waals surface area contributed by atoms with Gasteiger partial charge in [0.2, 0.25) is 5.91 Å². The number of aryl methyl sites for hydroxylation is 3. The first-order valence-electron chi connectivity index (χ1n) is 15.1. The van der Waals surface area contributed by atoms with Crippen molar-refractivity contribution in [1.82, 2.24) is 0 Å². The Hall–Kier alpha value is -3.71. The van der Waals surface area contributed by atoms with E-state index >= 15 is 0 Å². The zero-order chi connectivity index (χ0) is 38.0. The van der Waals surface area contributed by atoms with E-state index < -0.39 is 36.2 Å². The van der Waals surface area contributed by atoms with Gasteiger partial charge in [-0.15, -0.1) is 0 Å². The highest BCUT2D eigenvalue weighted by molar-refractivity contribution is 6.31. The smallest absolute Gasteiger partial charge is 0.337 e. The van der Waals surface area contributed by atoms with Crippen molar-refractivity contribution in [2.24, 2.45) is 11.7 Å². The van der Waals surface area contributed by atoms with E-state index in [-0.39, 0.29) is 17.4 Å². The van der Waals surface area contributed by atoms with Gasteiger partial charge in [-0.2, -0.15) is 0 Å². The highest BCUT2D eigenvalue weighted by Crippen LogP contribution is 2.24. The molecule has 14 heteroatoms. The van der Waals surface area contributed by atoms with Crippen LogP contribution < -0.4 is 10.8 Å². The van der Waals surface area contributed by atoms with E-state index in [0.29, 0.717) is 26.2 Å². The lowest BCUT2D eigenvalue weighted by Crippen LogP contribution is -2.29. The number of carboxylic acid groups (broad SMARTS) is 3. The lowest BCUT2D eigenvalue weighted by Gasteiger charge is -2.12. The third-order valence-corrected chi connectivity index (χ3v) is 7.24. The molecule has 11 nitrogen and oxygen atoms in total. The Morgan fingerprint density at radius 2 is 0.918 bits per heavy atom. The van der Waals surface area contributed by atoms with E-state index in [4.69, 9.17) is 55.9 Å². The number of hydrogen-bond donors (Lipinski definition) is 6. The molecule has 3 atom stereocenters. The number of aliphatic hydroxyl groups excluding tert-OH is 3. The van der Waals surface area contributed by atoms with Crippen molar-refractivity contribution in [2.45, 2.75) is 78.6 Å². The summed E-state index contributed by atoms with van der Waals surface area (Å²) in [4.78, 5) is 41.6. The second kappa shape index (κ2) is 22.8. The van der Waals surface area contributed by atoms with Gasteiger partial charge in [0.05, 0.1) is 5.97 Å². The second-order valence-corrected chi connectivity index (χ2v) is 12.1. The largest absolute Gasteiger partial charge is 0.547 e. The fraction of sp³-hybridized carbons (Fsp3) is 0.371. The van der Waals surface area contributed by atoms with Crippen LogP contribution in [0.25, 0.3) is 0 Å². The van der Waals surface area contributed by atoms with Gasteiger partial charge >= 0.3 is 11.9 Å². The van der Waals surface area contributed by atoms with Gasteiger partial charge < -0.3 is 41.2 Å². The van der Waals surface area contributed by atoms with Crippen LogP contribution in [0, 0.1) is 26.7 Å². The number of aliphatic carboxylic acids is 3. The molecule has 49 heavy (non-hydrogen) atoms. The van der Waals surface area contributed by atoms with Gasteiger partial charge in [0.15, 0.2) is 12.2 Å². The summed E-state index contributed by atoms with van der Waals surface area (Å²) in [6.45, 7) is 9.32. The molecule has 1 fully saturated rings. The first-order chi connectivity index (χ1) is 22.8. The minimum absolute atomic E-state index is 0.109. The summed E-state index contributed by atoms with van der Waals surface area (Å²) in [5.41, 5.74) is 8.34. The van der Waals surface area contributed by atoms with Crippen molar-refractivity contribution < 1.29 is 49.8 Å². The lowest BCUT2D eigenvalue weighted by atomic mass is 10.1. The highest BCUT2D eigenvalue weighted by Gasteiger charge is 2.19. The van der Waals surface area contributed by atoms with Gasteiger partial charge in [-0.3, -0.25) is 4.79 Å².